The number of nitrogens with zero attached hydrogens (tertiary/aromatic N) is 3. The predicted molar refractivity (Wildman–Crippen MR) is 120 cm³/mol. The monoisotopic (exact) mass is 439 g/mol. The normalized spacial score (nSPS) is 24.8. The fourth-order valence-electron chi connectivity index (χ4n) is 4.64. The number of morpholine rings is 1. The largest absolute Gasteiger partial charge is 0.361 e. The van der Waals surface area contributed by atoms with E-state index in [1.807, 2.05) is 17.2 Å². The smallest absolute Gasteiger partial charge is 0.257 e. The molecule has 5 nitrogen and oxygen atoms in total. The summed E-state index contributed by atoms with van der Waals surface area (Å²) in [6.45, 7) is 6.27. The van der Waals surface area contributed by atoms with Gasteiger partial charge in [0.1, 0.15) is 0 Å². The van der Waals surface area contributed by atoms with Crippen LogP contribution in [0.4, 0.5) is 0 Å². The van der Waals surface area contributed by atoms with E-state index in [2.05, 4.69) is 51.1 Å². The number of pyridine rings is 1. The van der Waals surface area contributed by atoms with Crippen LogP contribution in [0.5, 0.6) is 0 Å². The fourth-order valence-corrected chi connectivity index (χ4v) is 6.25. The van der Waals surface area contributed by atoms with Crippen LogP contribution in [-0.2, 0) is 22.6 Å². The summed E-state index contributed by atoms with van der Waals surface area (Å²) in [5.74, 6) is 0.0865. The number of carbonyl (C=O) groups excluding carboxylic acids is 1. The first-order valence-corrected chi connectivity index (χ1v) is 12.1. The van der Waals surface area contributed by atoms with E-state index < -0.39 is 5.60 Å². The van der Waals surface area contributed by atoms with Crippen LogP contribution in [0.25, 0.3) is 0 Å². The van der Waals surface area contributed by atoms with E-state index in [-0.39, 0.29) is 11.8 Å². The summed E-state index contributed by atoms with van der Waals surface area (Å²) in [6, 6.07) is 8.29. The van der Waals surface area contributed by atoms with Crippen molar-refractivity contribution in [3.8, 4) is 0 Å². The minimum atomic E-state index is -0.845. The molecule has 1 spiro atoms. The number of carbonyl (C=O) groups is 1. The van der Waals surface area contributed by atoms with Crippen molar-refractivity contribution in [2.75, 3.05) is 26.2 Å². The number of thiophene rings is 2. The van der Waals surface area contributed by atoms with Gasteiger partial charge in [-0.1, -0.05) is 6.07 Å². The Morgan fingerprint density at radius 2 is 2.20 bits per heavy atom. The van der Waals surface area contributed by atoms with Crippen molar-refractivity contribution >= 4 is 28.6 Å². The molecule has 1 amide bonds. The molecule has 7 heteroatoms. The van der Waals surface area contributed by atoms with Gasteiger partial charge in [0.15, 0.2) is 5.60 Å². The molecule has 0 N–H and O–H groups in total. The Kier molecular flexibility index (Phi) is 5.45. The second-order valence-electron chi connectivity index (χ2n) is 8.13. The molecule has 3 aromatic rings. The molecule has 2 aliphatic rings. The highest BCUT2D eigenvalue weighted by molar-refractivity contribution is 7.10. The summed E-state index contributed by atoms with van der Waals surface area (Å²) in [7, 11) is 0. The standard InChI is InChI=1S/C23H25N3O2S2/c1-17-4-10-30-21(17)14-25-13-20(19-3-2-6-24-11-19)23(16-25)22(27)26(7-8-28-23)12-18-5-9-29-15-18/h2-6,9-11,15,20H,7-8,12-14,16H2,1H3. The Labute approximate surface area is 184 Å². The molecule has 0 bridgehead atoms. The first-order valence-electron chi connectivity index (χ1n) is 10.3. The maximum atomic E-state index is 13.8. The number of aryl methyl sites for hydroxylation is 1. The van der Waals surface area contributed by atoms with Gasteiger partial charge < -0.3 is 9.64 Å². The molecule has 30 heavy (non-hydrogen) atoms. The van der Waals surface area contributed by atoms with Gasteiger partial charge in [-0.25, -0.2) is 0 Å². The molecule has 2 aliphatic heterocycles. The quantitative estimate of drug-likeness (QED) is 0.605. The number of rotatable bonds is 5. The third kappa shape index (κ3) is 3.60. The van der Waals surface area contributed by atoms with Crippen LogP contribution in [-0.4, -0.2) is 52.5 Å². The van der Waals surface area contributed by atoms with Crippen molar-refractivity contribution in [2.45, 2.75) is 31.5 Å². The van der Waals surface area contributed by atoms with E-state index in [0.29, 0.717) is 26.2 Å². The Balaban J connectivity index is 1.46. The Bertz CT molecular complexity index is 1000. The molecule has 0 aliphatic carbocycles. The van der Waals surface area contributed by atoms with Crippen LogP contribution < -0.4 is 0 Å². The number of likely N-dealkylation sites (tertiary alicyclic amines) is 1. The molecular formula is C23H25N3O2S2. The van der Waals surface area contributed by atoms with Gasteiger partial charge in [-0.2, -0.15) is 11.3 Å². The Morgan fingerprint density at radius 3 is 2.93 bits per heavy atom. The van der Waals surface area contributed by atoms with Crippen molar-refractivity contribution in [2.24, 2.45) is 0 Å². The molecule has 3 aromatic heterocycles. The van der Waals surface area contributed by atoms with Gasteiger partial charge in [-0.3, -0.25) is 14.7 Å². The van der Waals surface area contributed by atoms with Gasteiger partial charge in [0.2, 0.25) is 0 Å². The molecule has 2 saturated heterocycles. The SMILES string of the molecule is Cc1ccsc1CN1CC(c2cccnc2)C2(C1)OCCN(Cc1ccsc1)C2=O. The van der Waals surface area contributed by atoms with Crippen molar-refractivity contribution in [3.05, 3.63) is 74.4 Å². The van der Waals surface area contributed by atoms with Gasteiger partial charge in [-0.05, 0) is 58.0 Å². The number of hydrogen-bond donors (Lipinski definition) is 0. The zero-order valence-corrected chi connectivity index (χ0v) is 18.6. The summed E-state index contributed by atoms with van der Waals surface area (Å²) in [5, 5.41) is 6.32. The van der Waals surface area contributed by atoms with E-state index in [1.54, 1.807) is 28.9 Å². The molecule has 0 saturated carbocycles. The van der Waals surface area contributed by atoms with Crippen LogP contribution in [0.2, 0.25) is 0 Å². The van der Waals surface area contributed by atoms with Crippen molar-refractivity contribution in [3.63, 3.8) is 0 Å². The number of amides is 1. The second-order valence-corrected chi connectivity index (χ2v) is 9.91. The van der Waals surface area contributed by atoms with Crippen LogP contribution in [0.15, 0.2) is 52.8 Å². The lowest BCUT2D eigenvalue weighted by Crippen LogP contribution is -2.59. The van der Waals surface area contributed by atoms with Crippen molar-refractivity contribution in [1.29, 1.82) is 0 Å². The molecule has 2 fully saturated rings. The first-order chi connectivity index (χ1) is 14.7. The molecule has 5 heterocycles. The molecule has 0 aromatic carbocycles. The highest BCUT2D eigenvalue weighted by atomic mass is 32.1. The molecule has 0 radical (unpaired) electrons. The fraction of sp³-hybridized carbons (Fsp3) is 0.391. The van der Waals surface area contributed by atoms with Gasteiger partial charge >= 0.3 is 0 Å². The van der Waals surface area contributed by atoms with Gasteiger partial charge in [0.25, 0.3) is 5.91 Å². The third-order valence-electron chi connectivity index (χ3n) is 6.21. The van der Waals surface area contributed by atoms with Crippen LogP contribution in [0.1, 0.15) is 27.5 Å². The Hall–Kier alpha value is -2.06. The third-order valence-corrected chi connectivity index (χ3v) is 7.95. The zero-order chi connectivity index (χ0) is 20.6. The van der Waals surface area contributed by atoms with E-state index in [4.69, 9.17) is 4.74 Å². The maximum absolute atomic E-state index is 13.8. The minimum absolute atomic E-state index is 0.0238. The lowest BCUT2D eigenvalue weighted by molar-refractivity contribution is -0.173. The molecular weight excluding hydrogens is 414 g/mol. The minimum Gasteiger partial charge on any atom is -0.361 e. The summed E-state index contributed by atoms with van der Waals surface area (Å²) in [4.78, 5) is 23.9. The van der Waals surface area contributed by atoms with E-state index in [9.17, 15) is 4.79 Å². The summed E-state index contributed by atoms with van der Waals surface area (Å²) in [5.41, 5.74) is 2.73. The molecule has 5 rings (SSSR count). The first kappa shape index (κ1) is 19.9. The number of aromatic nitrogens is 1. The lowest BCUT2D eigenvalue weighted by atomic mass is 9.83. The second kappa shape index (κ2) is 8.23. The molecule has 2 atom stereocenters. The number of hydrogen-bond acceptors (Lipinski definition) is 6. The summed E-state index contributed by atoms with van der Waals surface area (Å²) in [6.07, 6.45) is 3.67. The average molecular weight is 440 g/mol. The van der Waals surface area contributed by atoms with Gasteiger partial charge in [0.05, 0.1) is 6.61 Å². The van der Waals surface area contributed by atoms with E-state index >= 15 is 0 Å². The predicted octanol–water partition coefficient (Wildman–Crippen LogP) is 3.91. The number of ether oxygens (including phenoxy) is 1. The van der Waals surface area contributed by atoms with E-state index in [1.165, 1.54) is 16.0 Å². The van der Waals surface area contributed by atoms with Crippen LogP contribution in [0, 0.1) is 6.92 Å². The highest BCUT2D eigenvalue weighted by Gasteiger charge is 2.57. The maximum Gasteiger partial charge on any atom is 0.257 e. The van der Waals surface area contributed by atoms with E-state index in [0.717, 1.165) is 18.7 Å². The molecule has 2 unspecified atom stereocenters. The van der Waals surface area contributed by atoms with Crippen molar-refractivity contribution < 1.29 is 9.53 Å². The lowest BCUT2D eigenvalue weighted by Gasteiger charge is -2.42. The van der Waals surface area contributed by atoms with Crippen LogP contribution >= 0.6 is 22.7 Å². The Morgan fingerprint density at radius 1 is 1.27 bits per heavy atom. The summed E-state index contributed by atoms with van der Waals surface area (Å²) >= 11 is 3.45. The van der Waals surface area contributed by atoms with Gasteiger partial charge in [-0.15, -0.1) is 11.3 Å². The van der Waals surface area contributed by atoms with Crippen molar-refractivity contribution in [1.82, 2.24) is 14.8 Å². The highest BCUT2D eigenvalue weighted by Crippen LogP contribution is 2.42. The average Bonchev–Trinajstić information content (AvgIpc) is 3.49. The van der Waals surface area contributed by atoms with Crippen LogP contribution in [0.3, 0.4) is 0 Å². The molecule has 156 valence electrons. The topological polar surface area (TPSA) is 45.7 Å². The zero-order valence-electron chi connectivity index (χ0n) is 17.0. The van der Waals surface area contributed by atoms with Gasteiger partial charge in [0, 0.05) is 55.9 Å². The summed E-state index contributed by atoms with van der Waals surface area (Å²) < 4.78 is 6.38.